The van der Waals surface area contributed by atoms with E-state index in [9.17, 15) is 8.42 Å². The Morgan fingerprint density at radius 2 is 2.10 bits per heavy atom. The number of nitrogens with zero attached hydrogens (tertiary/aromatic N) is 2. The number of hydrogen-bond acceptors (Lipinski definition) is 6. The summed E-state index contributed by atoms with van der Waals surface area (Å²) >= 11 is 1.70. The van der Waals surface area contributed by atoms with Gasteiger partial charge in [-0.05, 0) is 26.2 Å². The van der Waals surface area contributed by atoms with Crippen molar-refractivity contribution >= 4 is 28.1 Å². The lowest BCUT2D eigenvalue weighted by Crippen LogP contribution is -2.19. The molecule has 0 aromatic carbocycles. The van der Waals surface area contributed by atoms with Crippen LogP contribution in [0, 0.1) is 0 Å². The van der Waals surface area contributed by atoms with Crippen LogP contribution in [0.4, 0.5) is 0 Å². The number of sulfonamides is 1. The SMILES string of the molecule is CN(C)Cc1ccc(CSCC/N=C/NS(C)(=O)=O)o1. The molecule has 0 bridgehead atoms. The molecule has 8 heteroatoms. The van der Waals surface area contributed by atoms with Crippen LogP contribution in [0.25, 0.3) is 0 Å². The summed E-state index contributed by atoms with van der Waals surface area (Å²) in [5.74, 6) is 3.51. The number of furan rings is 1. The topological polar surface area (TPSA) is 74.9 Å². The predicted octanol–water partition coefficient (Wildman–Crippen LogP) is 1.15. The average molecular weight is 319 g/mol. The number of aliphatic imine (C=N–C) groups is 1. The molecule has 1 N–H and O–H groups in total. The predicted molar refractivity (Wildman–Crippen MR) is 83.6 cm³/mol. The van der Waals surface area contributed by atoms with Gasteiger partial charge in [-0.25, -0.2) is 8.42 Å². The van der Waals surface area contributed by atoms with Crippen LogP contribution in [0.1, 0.15) is 11.5 Å². The fourth-order valence-electron chi connectivity index (χ4n) is 1.38. The fraction of sp³-hybridized carbons (Fsp3) is 0.583. The first kappa shape index (κ1) is 17.1. The molecule has 0 saturated carbocycles. The Morgan fingerprint density at radius 1 is 1.40 bits per heavy atom. The minimum atomic E-state index is -3.19. The molecule has 6 nitrogen and oxygen atoms in total. The van der Waals surface area contributed by atoms with E-state index >= 15 is 0 Å². The highest BCUT2D eigenvalue weighted by Crippen LogP contribution is 2.16. The Labute approximate surface area is 124 Å². The summed E-state index contributed by atoms with van der Waals surface area (Å²) < 4.78 is 29.4. The minimum absolute atomic E-state index is 0.568. The molecule has 0 radical (unpaired) electrons. The molecular formula is C12H21N3O3S2. The third-order valence-corrected chi connectivity index (χ3v) is 3.65. The third-order valence-electron chi connectivity index (χ3n) is 2.16. The van der Waals surface area contributed by atoms with E-state index in [1.807, 2.05) is 26.2 Å². The molecule has 0 spiro atoms. The number of hydrogen-bond donors (Lipinski definition) is 1. The quantitative estimate of drug-likeness (QED) is 0.420. The van der Waals surface area contributed by atoms with Gasteiger partial charge in [-0.3, -0.25) is 9.71 Å². The van der Waals surface area contributed by atoms with Crippen molar-refractivity contribution in [1.82, 2.24) is 9.62 Å². The largest absolute Gasteiger partial charge is 0.464 e. The van der Waals surface area contributed by atoms with Crippen LogP contribution in [0.3, 0.4) is 0 Å². The molecule has 0 aliphatic heterocycles. The maximum absolute atomic E-state index is 10.8. The Kier molecular flexibility index (Phi) is 7.11. The van der Waals surface area contributed by atoms with Crippen LogP contribution in [0.2, 0.25) is 0 Å². The van der Waals surface area contributed by atoms with Crippen LogP contribution < -0.4 is 4.72 Å². The zero-order chi connectivity index (χ0) is 15.0. The lowest BCUT2D eigenvalue weighted by Gasteiger charge is -2.05. The first-order valence-electron chi connectivity index (χ1n) is 6.12. The second kappa shape index (κ2) is 8.33. The van der Waals surface area contributed by atoms with Gasteiger partial charge in [-0.2, -0.15) is 11.8 Å². The summed E-state index contributed by atoms with van der Waals surface area (Å²) in [7, 11) is 0.807. The smallest absolute Gasteiger partial charge is 0.230 e. The van der Waals surface area contributed by atoms with E-state index in [0.717, 1.165) is 35.8 Å². The van der Waals surface area contributed by atoms with E-state index < -0.39 is 10.0 Å². The third kappa shape index (κ3) is 8.23. The minimum Gasteiger partial charge on any atom is -0.464 e. The van der Waals surface area contributed by atoms with E-state index in [2.05, 4.69) is 14.6 Å². The molecule has 114 valence electrons. The summed E-state index contributed by atoms with van der Waals surface area (Å²) in [5.41, 5.74) is 0. The molecule has 1 aromatic rings. The van der Waals surface area contributed by atoms with Crippen molar-refractivity contribution in [2.24, 2.45) is 4.99 Å². The van der Waals surface area contributed by atoms with E-state index in [1.165, 1.54) is 6.34 Å². The van der Waals surface area contributed by atoms with Crippen LogP contribution in [0.15, 0.2) is 21.5 Å². The lowest BCUT2D eigenvalue weighted by atomic mass is 10.4. The van der Waals surface area contributed by atoms with Gasteiger partial charge in [-0.15, -0.1) is 0 Å². The molecule has 1 heterocycles. The number of rotatable bonds is 9. The number of thioether (sulfide) groups is 1. The van der Waals surface area contributed by atoms with Gasteiger partial charge in [0.2, 0.25) is 10.0 Å². The van der Waals surface area contributed by atoms with Crippen LogP contribution in [-0.2, 0) is 22.3 Å². The van der Waals surface area contributed by atoms with Crippen molar-refractivity contribution in [2.45, 2.75) is 12.3 Å². The molecule has 20 heavy (non-hydrogen) atoms. The number of nitrogens with one attached hydrogen (secondary N) is 1. The van der Waals surface area contributed by atoms with Gasteiger partial charge < -0.3 is 9.32 Å². The van der Waals surface area contributed by atoms with Gasteiger partial charge >= 0.3 is 0 Å². The van der Waals surface area contributed by atoms with Gasteiger partial charge in [0.05, 0.1) is 24.9 Å². The highest BCUT2D eigenvalue weighted by molar-refractivity contribution is 7.98. The van der Waals surface area contributed by atoms with Crippen LogP contribution >= 0.6 is 11.8 Å². The van der Waals surface area contributed by atoms with Crippen LogP contribution in [-0.4, -0.2) is 52.3 Å². The maximum atomic E-state index is 10.8. The molecule has 0 amide bonds. The summed E-state index contributed by atoms with van der Waals surface area (Å²) in [6.07, 6.45) is 2.31. The van der Waals surface area contributed by atoms with Crippen molar-refractivity contribution in [3.05, 3.63) is 23.7 Å². The highest BCUT2D eigenvalue weighted by Gasteiger charge is 2.03. The first-order chi connectivity index (χ1) is 9.37. The van der Waals surface area contributed by atoms with Crippen molar-refractivity contribution < 1.29 is 12.8 Å². The van der Waals surface area contributed by atoms with E-state index in [1.54, 1.807) is 11.8 Å². The molecule has 0 fully saturated rings. The monoisotopic (exact) mass is 319 g/mol. The average Bonchev–Trinajstić information content (AvgIpc) is 2.73. The van der Waals surface area contributed by atoms with E-state index in [0.29, 0.717) is 6.54 Å². The zero-order valence-corrected chi connectivity index (χ0v) is 13.6. The zero-order valence-electron chi connectivity index (χ0n) is 12.0. The molecular weight excluding hydrogens is 298 g/mol. The Bertz CT molecular complexity index is 524. The van der Waals surface area contributed by atoms with Crippen molar-refractivity contribution in [3.8, 4) is 0 Å². The molecule has 1 rings (SSSR count). The van der Waals surface area contributed by atoms with Crippen LogP contribution in [0.5, 0.6) is 0 Å². The Hall–Kier alpha value is -0.990. The Balaban J connectivity index is 2.16. The summed E-state index contributed by atoms with van der Waals surface area (Å²) in [5, 5.41) is 0. The van der Waals surface area contributed by atoms with Gasteiger partial charge in [0.15, 0.2) is 0 Å². The van der Waals surface area contributed by atoms with Crippen molar-refractivity contribution in [3.63, 3.8) is 0 Å². The lowest BCUT2D eigenvalue weighted by molar-refractivity contribution is 0.344. The molecule has 0 atom stereocenters. The van der Waals surface area contributed by atoms with Gasteiger partial charge in [0, 0.05) is 12.3 Å². The molecule has 0 aliphatic carbocycles. The van der Waals surface area contributed by atoms with Gasteiger partial charge in [-0.1, -0.05) is 0 Å². The highest BCUT2D eigenvalue weighted by atomic mass is 32.2. The maximum Gasteiger partial charge on any atom is 0.230 e. The molecule has 1 aromatic heterocycles. The molecule has 0 aliphatic rings. The van der Waals surface area contributed by atoms with E-state index in [4.69, 9.17) is 4.42 Å². The summed E-state index contributed by atoms with van der Waals surface area (Å²) in [4.78, 5) is 6.01. The second-order valence-corrected chi connectivity index (χ2v) is 7.47. The fourth-order valence-corrected chi connectivity index (χ4v) is 2.39. The molecule has 0 unspecified atom stereocenters. The van der Waals surface area contributed by atoms with Gasteiger partial charge in [0.1, 0.15) is 11.5 Å². The molecule has 0 saturated heterocycles. The van der Waals surface area contributed by atoms with Crippen molar-refractivity contribution in [1.29, 1.82) is 0 Å². The normalized spacial score (nSPS) is 12.4. The standard InChI is InChI=1S/C12H21N3O3S2/c1-15(2)8-11-4-5-12(18-11)9-19-7-6-13-10-14-20(3,16)17/h4-5,10H,6-9H2,1-3H3,(H,13,14). The van der Waals surface area contributed by atoms with E-state index in [-0.39, 0.29) is 0 Å². The first-order valence-corrected chi connectivity index (χ1v) is 9.17. The second-order valence-electron chi connectivity index (χ2n) is 4.58. The summed E-state index contributed by atoms with van der Waals surface area (Å²) in [6.45, 7) is 1.37. The van der Waals surface area contributed by atoms with Crippen molar-refractivity contribution in [2.75, 3.05) is 32.6 Å². The van der Waals surface area contributed by atoms with Gasteiger partial charge in [0.25, 0.3) is 0 Å². The summed E-state index contributed by atoms with van der Waals surface area (Å²) in [6, 6.07) is 3.98. The Morgan fingerprint density at radius 3 is 2.75 bits per heavy atom.